The van der Waals surface area contributed by atoms with Gasteiger partial charge in [-0.3, -0.25) is 9.59 Å². The van der Waals surface area contributed by atoms with Crippen LogP contribution >= 0.6 is 0 Å². The second-order valence-corrected chi connectivity index (χ2v) is 14.6. The van der Waals surface area contributed by atoms with Crippen molar-refractivity contribution in [2.45, 2.75) is 135 Å². The first-order valence-corrected chi connectivity index (χ1v) is 18.7. The summed E-state index contributed by atoms with van der Waals surface area (Å²) in [6.07, 6.45) is 14.3. The average molecular weight is 668 g/mol. The number of aryl methyl sites for hydroxylation is 1. The molecule has 266 valence electrons. The Hall–Kier alpha value is -2.84. The van der Waals surface area contributed by atoms with Gasteiger partial charge in [0.2, 0.25) is 0 Å². The number of nitrogens with zero attached hydrogens (tertiary/aromatic N) is 2. The third kappa shape index (κ3) is 10.8. The van der Waals surface area contributed by atoms with Crippen molar-refractivity contribution in [3.63, 3.8) is 0 Å². The molecule has 2 saturated carbocycles. The van der Waals surface area contributed by atoms with Gasteiger partial charge in [0, 0.05) is 48.9 Å². The molecule has 1 unspecified atom stereocenters. The van der Waals surface area contributed by atoms with E-state index in [4.69, 9.17) is 5.73 Å². The van der Waals surface area contributed by atoms with Gasteiger partial charge in [-0.1, -0.05) is 65.2 Å². The molecule has 8 heteroatoms. The van der Waals surface area contributed by atoms with E-state index in [0.717, 1.165) is 63.0 Å². The van der Waals surface area contributed by atoms with Crippen molar-refractivity contribution in [3.8, 4) is 0 Å². The first-order chi connectivity index (χ1) is 23.1. The molecule has 4 rings (SSSR count). The summed E-state index contributed by atoms with van der Waals surface area (Å²) in [6.45, 7) is 7.34. The lowest BCUT2D eigenvalue weighted by atomic mass is 9.78. The Morgan fingerprint density at radius 3 is 1.98 bits per heavy atom. The summed E-state index contributed by atoms with van der Waals surface area (Å²) < 4.78 is 27.9. The summed E-state index contributed by atoms with van der Waals surface area (Å²) in [5.74, 6) is -0.707. The molecule has 2 aliphatic rings. The number of aliphatic hydroxyl groups excluding tert-OH is 1. The number of nitrogens with two attached hydrogens (primary N) is 1. The van der Waals surface area contributed by atoms with Gasteiger partial charge in [0.15, 0.2) is 0 Å². The Bertz CT molecular complexity index is 1300. The fraction of sp³-hybridized carbons (Fsp3) is 0.650. The first kappa shape index (κ1) is 38.0. The molecule has 2 fully saturated rings. The molecule has 0 spiro atoms. The van der Waals surface area contributed by atoms with Crippen molar-refractivity contribution in [2.75, 3.05) is 19.6 Å². The SMILES string of the molecule is CCCN(CCC)C(=O)c1cc(C)cc(C(=O)N(C[C@@H](O)[C@@H](N)Cc2cc(F)cc(F)c2)C(CCC2CCCCC2)C2CCCCC2)c1. The predicted molar refractivity (Wildman–Crippen MR) is 189 cm³/mol. The molecule has 0 aromatic heterocycles. The second-order valence-electron chi connectivity index (χ2n) is 14.6. The quantitative estimate of drug-likeness (QED) is 0.189. The van der Waals surface area contributed by atoms with Crippen molar-refractivity contribution in [1.29, 1.82) is 0 Å². The minimum absolute atomic E-state index is 0.0125. The number of amides is 2. The summed E-state index contributed by atoms with van der Waals surface area (Å²) in [4.78, 5) is 32.2. The molecule has 2 aromatic carbocycles. The average Bonchev–Trinajstić information content (AvgIpc) is 3.07. The number of carbonyl (C=O) groups excluding carboxylic acids is 2. The highest BCUT2D eigenvalue weighted by atomic mass is 19.1. The van der Waals surface area contributed by atoms with E-state index >= 15 is 0 Å². The molecule has 2 aliphatic carbocycles. The van der Waals surface area contributed by atoms with Crippen molar-refractivity contribution in [1.82, 2.24) is 9.80 Å². The summed E-state index contributed by atoms with van der Waals surface area (Å²) in [6, 6.07) is 7.80. The normalized spacial score (nSPS) is 17.9. The topological polar surface area (TPSA) is 86.9 Å². The van der Waals surface area contributed by atoms with Gasteiger partial charge in [-0.25, -0.2) is 8.78 Å². The Morgan fingerprint density at radius 1 is 0.833 bits per heavy atom. The predicted octanol–water partition coefficient (Wildman–Crippen LogP) is 8.22. The Morgan fingerprint density at radius 2 is 1.40 bits per heavy atom. The Balaban J connectivity index is 1.67. The lowest BCUT2D eigenvalue weighted by Gasteiger charge is -2.41. The minimum Gasteiger partial charge on any atom is -0.390 e. The Kier molecular flexibility index (Phi) is 14.9. The van der Waals surface area contributed by atoms with E-state index in [0.29, 0.717) is 41.6 Å². The largest absolute Gasteiger partial charge is 0.390 e. The standard InChI is InChI=1S/C40H59F2N3O3/c1-4-18-44(19-5-2)39(47)32-20-28(3)21-33(25-32)40(48)45(27-38(46)36(43)24-30-22-34(41)26-35(42)23-30)37(31-14-10-7-11-15-31)17-16-29-12-8-6-9-13-29/h20-23,25-26,29,31,36-38,46H,4-19,24,27,43H2,1-3H3/t36-,37?,38+/m0/s1. The van der Waals surface area contributed by atoms with E-state index in [-0.39, 0.29) is 30.8 Å². The fourth-order valence-electron chi connectivity index (χ4n) is 8.12. The molecule has 3 atom stereocenters. The minimum atomic E-state index is -1.11. The maximum absolute atomic E-state index is 14.8. The molecule has 3 N–H and O–H groups in total. The number of hydrogen-bond donors (Lipinski definition) is 2. The zero-order valence-electron chi connectivity index (χ0n) is 29.6. The van der Waals surface area contributed by atoms with Crippen LogP contribution < -0.4 is 5.73 Å². The second kappa shape index (κ2) is 18.8. The number of aliphatic hydroxyl groups is 1. The molecule has 0 saturated heterocycles. The molecular weight excluding hydrogens is 608 g/mol. The number of benzene rings is 2. The van der Waals surface area contributed by atoms with E-state index in [9.17, 15) is 23.5 Å². The van der Waals surface area contributed by atoms with Crippen LogP contribution in [-0.2, 0) is 6.42 Å². The van der Waals surface area contributed by atoms with Crippen molar-refractivity contribution >= 4 is 11.8 Å². The lowest BCUT2D eigenvalue weighted by Crippen LogP contribution is -2.52. The molecule has 2 aromatic rings. The van der Waals surface area contributed by atoms with Crippen LogP contribution in [-0.4, -0.2) is 64.5 Å². The van der Waals surface area contributed by atoms with E-state index in [2.05, 4.69) is 13.8 Å². The maximum atomic E-state index is 14.8. The highest BCUT2D eigenvalue weighted by Crippen LogP contribution is 2.35. The molecule has 0 bridgehead atoms. The van der Waals surface area contributed by atoms with Crippen molar-refractivity contribution in [2.24, 2.45) is 17.6 Å². The zero-order chi connectivity index (χ0) is 34.6. The van der Waals surface area contributed by atoms with Gasteiger partial charge in [-0.2, -0.15) is 0 Å². The van der Waals surface area contributed by atoms with Crippen LogP contribution in [0, 0.1) is 30.4 Å². The highest BCUT2D eigenvalue weighted by molar-refractivity contribution is 6.00. The maximum Gasteiger partial charge on any atom is 0.254 e. The van der Waals surface area contributed by atoms with Gasteiger partial charge in [0.1, 0.15) is 11.6 Å². The first-order valence-electron chi connectivity index (χ1n) is 18.7. The number of halogens is 2. The van der Waals surface area contributed by atoms with Crippen LogP contribution in [0.15, 0.2) is 36.4 Å². The number of hydrogen-bond acceptors (Lipinski definition) is 4. The summed E-state index contributed by atoms with van der Waals surface area (Å²) in [5.41, 5.74) is 8.64. The van der Waals surface area contributed by atoms with Crippen LogP contribution in [0.2, 0.25) is 0 Å². The van der Waals surface area contributed by atoms with Crippen LogP contribution in [0.3, 0.4) is 0 Å². The summed E-state index contributed by atoms with van der Waals surface area (Å²) in [5, 5.41) is 11.6. The van der Waals surface area contributed by atoms with E-state index in [1.165, 1.54) is 50.7 Å². The molecule has 0 heterocycles. The molecular formula is C40H59F2N3O3. The smallest absolute Gasteiger partial charge is 0.254 e. The molecule has 2 amide bonds. The van der Waals surface area contributed by atoms with E-state index < -0.39 is 23.8 Å². The van der Waals surface area contributed by atoms with Crippen LogP contribution in [0.25, 0.3) is 0 Å². The lowest BCUT2D eigenvalue weighted by molar-refractivity contribution is 0.0288. The van der Waals surface area contributed by atoms with Crippen molar-refractivity contribution in [3.05, 3.63) is 70.3 Å². The van der Waals surface area contributed by atoms with Crippen LogP contribution in [0.4, 0.5) is 8.78 Å². The van der Waals surface area contributed by atoms with E-state index in [1.807, 2.05) is 28.9 Å². The van der Waals surface area contributed by atoms with E-state index in [1.54, 1.807) is 6.07 Å². The molecule has 0 radical (unpaired) electrons. The third-order valence-corrected chi connectivity index (χ3v) is 10.6. The fourth-order valence-corrected chi connectivity index (χ4v) is 8.12. The van der Waals surface area contributed by atoms with Gasteiger partial charge in [0.25, 0.3) is 11.8 Å². The monoisotopic (exact) mass is 667 g/mol. The van der Waals surface area contributed by atoms with Crippen LogP contribution in [0.1, 0.15) is 136 Å². The zero-order valence-corrected chi connectivity index (χ0v) is 29.6. The number of carbonyl (C=O) groups is 2. The van der Waals surface area contributed by atoms with Gasteiger partial charge < -0.3 is 20.6 Å². The van der Waals surface area contributed by atoms with Gasteiger partial charge in [-0.15, -0.1) is 0 Å². The number of rotatable bonds is 16. The van der Waals surface area contributed by atoms with Crippen LogP contribution in [0.5, 0.6) is 0 Å². The van der Waals surface area contributed by atoms with Gasteiger partial charge in [0.05, 0.1) is 6.10 Å². The molecule has 6 nitrogen and oxygen atoms in total. The van der Waals surface area contributed by atoms with Gasteiger partial charge in [-0.05, 0) is 105 Å². The van der Waals surface area contributed by atoms with Gasteiger partial charge >= 0.3 is 0 Å². The highest BCUT2D eigenvalue weighted by Gasteiger charge is 2.35. The Labute approximate surface area is 287 Å². The summed E-state index contributed by atoms with van der Waals surface area (Å²) >= 11 is 0. The van der Waals surface area contributed by atoms with Crippen molar-refractivity contribution < 1.29 is 23.5 Å². The molecule has 48 heavy (non-hydrogen) atoms. The summed E-state index contributed by atoms with van der Waals surface area (Å²) in [7, 11) is 0. The third-order valence-electron chi connectivity index (χ3n) is 10.6. The molecule has 0 aliphatic heterocycles.